The number of hydrogen-bond acceptors (Lipinski definition) is 7. The average molecular weight is 330 g/mol. The molecule has 1 aromatic rings. The summed E-state index contributed by atoms with van der Waals surface area (Å²) in [5.74, 6) is -2.39. The Morgan fingerprint density at radius 2 is 1.36 bits per heavy atom. The second kappa shape index (κ2) is 8.33. The van der Waals surface area contributed by atoms with E-state index in [0.717, 1.165) is 6.07 Å². The summed E-state index contributed by atoms with van der Waals surface area (Å²) >= 11 is 5.89. The molecule has 0 saturated carbocycles. The zero-order valence-electron chi connectivity index (χ0n) is 12.5. The molecule has 0 fully saturated rings. The van der Waals surface area contributed by atoms with E-state index in [-0.39, 0.29) is 41.8 Å². The Bertz CT molecular complexity index is 587. The first kappa shape index (κ1) is 17.9. The molecule has 0 saturated heterocycles. The third-order valence-corrected chi connectivity index (χ3v) is 2.72. The van der Waals surface area contributed by atoms with Crippen LogP contribution in [0.5, 0.6) is 0 Å². The van der Waals surface area contributed by atoms with Gasteiger partial charge in [0, 0.05) is 0 Å². The molecule has 0 amide bonds. The van der Waals surface area contributed by atoms with Crippen molar-refractivity contribution in [2.75, 3.05) is 19.8 Å². The highest BCUT2D eigenvalue weighted by atomic mass is 35.5. The van der Waals surface area contributed by atoms with Crippen molar-refractivity contribution in [3.63, 3.8) is 0 Å². The van der Waals surface area contributed by atoms with Crippen LogP contribution in [0.25, 0.3) is 0 Å². The van der Waals surface area contributed by atoms with Gasteiger partial charge in [-0.05, 0) is 26.8 Å². The lowest BCUT2D eigenvalue weighted by molar-refractivity contribution is 0.0470. The summed E-state index contributed by atoms with van der Waals surface area (Å²) in [5.41, 5.74) is -0.634. The SMILES string of the molecule is CCOC(=O)c1cc(C(=O)OCC)c(C(=O)OCC)nc1Cl. The highest BCUT2D eigenvalue weighted by Gasteiger charge is 2.26. The molecule has 0 aromatic carbocycles. The van der Waals surface area contributed by atoms with E-state index in [1.165, 1.54) is 0 Å². The topological polar surface area (TPSA) is 91.8 Å². The summed E-state index contributed by atoms with van der Waals surface area (Å²) in [4.78, 5) is 39.4. The Morgan fingerprint density at radius 1 is 0.909 bits per heavy atom. The molecule has 0 aliphatic carbocycles. The maximum atomic E-state index is 12.0. The fourth-order valence-electron chi connectivity index (χ4n) is 1.56. The molecule has 0 spiro atoms. The van der Waals surface area contributed by atoms with Gasteiger partial charge in [-0.1, -0.05) is 11.6 Å². The van der Waals surface area contributed by atoms with E-state index in [9.17, 15) is 14.4 Å². The number of rotatable bonds is 6. The maximum absolute atomic E-state index is 12.0. The van der Waals surface area contributed by atoms with Gasteiger partial charge in [0.2, 0.25) is 0 Å². The molecule has 0 aliphatic heterocycles. The quantitative estimate of drug-likeness (QED) is 0.449. The number of carbonyl (C=O) groups is 3. The summed E-state index contributed by atoms with van der Waals surface area (Å²) < 4.78 is 14.5. The Labute approximate surface area is 132 Å². The second-order valence-electron chi connectivity index (χ2n) is 3.88. The highest BCUT2D eigenvalue weighted by molar-refractivity contribution is 6.32. The molecule has 22 heavy (non-hydrogen) atoms. The van der Waals surface area contributed by atoms with Gasteiger partial charge in [0.1, 0.15) is 5.15 Å². The molecule has 8 heteroatoms. The molecule has 0 N–H and O–H groups in total. The first-order valence-corrected chi connectivity index (χ1v) is 7.05. The molecule has 7 nitrogen and oxygen atoms in total. The number of nitrogens with zero attached hydrogens (tertiary/aromatic N) is 1. The van der Waals surface area contributed by atoms with Crippen molar-refractivity contribution in [3.05, 3.63) is 28.0 Å². The van der Waals surface area contributed by atoms with E-state index in [2.05, 4.69) is 4.98 Å². The van der Waals surface area contributed by atoms with Gasteiger partial charge in [-0.25, -0.2) is 19.4 Å². The minimum Gasteiger partial charge on any atom is -0.462 e. The monoisotopic (exact) mass is 329 g/mol. The van der Waals surface area contributed by atoms with Crippen molar-refractivity contribution >= 4 is 29.5 Å². The number of carbonyl (C=O) groups excluding carboxylic acids is 3. The van der Waals surface area contributed by atoms with Crippen LogP contribution in [0.2, 0.25) is 5.15 Å². The molecule has 120 valence electrons. The van der Waals surface area contributed by atoms with Gasteiger partial charge >= 0.3 is 17.9 Å². The minimum atomic E-state index is -0.831. The van der Waals surface area contributed by atoms with E-state index in [1.54, 1.807) is 20.8 Å². The number of aromatic nitrogens is 1. The van der Waals surface area contributed by atoms with E-state index in [4.69, 9.17) is 25.8 Å². The summed E-state index contributed by atoms with van der Waals surface area (Å²) in [7, 11) is 0. The summed E-state index contributed by atoms with van der Waals surface area (Å²) in [6, 6.07) is 1.12. The summed E-state index contributed by atoms with van der Waals surface area (Å²) in [6.45, 7) is 5.16. The van der Waals surface area contributed by atoms with Crippen LogP contribution in [0, 0.1) is 0 Å². The lowest BCUT2D eigenvalue weighted by Gasteiger charge is -2.10. The first-order valence-electron chi connectivity index (χ1n) is 6.68. The zero-order valence-corrected chi connectivity index (χ0v) is 13.2. The highest BCUT2D eigenvalue weighted by Crippen LogP contribution is 2.21. The molecular weight excluding hydrogens is 314 g/mol. The molecule has 0 unspecified atom stereocenters. The third kappa shape index (κ3) is 4.17. The summed E-state index contributed by atoms with van der Waals surface area (Å²) in [6.07, 6.45) is 0. The van der Waals surface area contributed by atoms with Gasteiger partial charge in [0.05, 0.1) is 30.9 Å². The maximum Gasteiger partial charge on any atom is 0.357 e. The Morgan fingerprint density at radius 3 is 1.86 bits per heavy atom. The van der Waals surface area contributed by atoms with Crippen LogP contribution in [0.1, 0.15) is 52.0 Å². The van der Waals surface area contributed by atoms with Crippen LogP contribution in [-0.4, -0.2) is 42.7 Å². The van der Waals surface area contributed by atoms with Gasteiger partial charge in [-0.3, -0.25) is 0 Å². The number of halogens is 1. The number of hydrogen-bond donors (Lipinski definition) is 0. The van der Waals surface area contributed by atoms with Gasteiger partial charge in [0.25, 0.3) is 0 Å². The van der Waals surface area contributed by atoms with Crippen molar-refractivity contribution in [1.82, 2.24) is 4.98 Å². The van der Waals surface area contributed by atoms with Crippen LogP contribution in [0.15, 0.2) is 6.07 Å². The molecule has 1 rings (SSSR count). The fourth-order valence-corrected chi connectivity index (χ4v) is 1.78. The lowest BCUT2D eigenvalue weighted by Crippen LogP contribution is -2.18. The van der Waals surface area contributed by atoms with Crippen molar-refractivity contribution in [3.8, 4) is 0 Å². The van der Waals surface area contributed by atoms with Crippen molar-refractivity contribution < 1.29 is 28.6 Å². The van der Waals surface area contributed by atoms with Crippen molar-refractivity contribution in [2.45, 2.75) is 20.8 Å². The van der Waals surface area contributed by atoms with Crippen LogP contribution in [0.4, 0.5) is 0 Å². The predicted molar refractivity (Wildman–Crippen MR) is 77.1 cm³/mol. The molecule has 0 aliphatic rings. The van der Waals surface area contributed by atoms with Crippen molar-refractivity contribution in [2.24, 2.45) is 0 Å². The molecule has 1 aromatic heterocycles. The van der Waals surface area contributed by atoms with Gasteiger partial charge in [-0.15, -0.1) is 0 Å². The van der Waals surface area contributed by atoms with Crippen LogP contribution in [0.3, 0.4) is 0 Å². The van der Waals surface area contributed by atoms with Gasteiger partial charge in [0.15, 0.2) is 5.69 Å². The van der Waals surface area contributed by atoms with Crippen LogP contribution < -0.4 is 0 Å². The first-order chi connectivity index (χ1) is 10.5. The lowest BCUT2D eigenvalue weighted by atomic mass is 10.1. The third-order valence-electron chi connectivity index (χ3n) is 2.44. The van der Waals surface area contributed by atoms with Crippen LogP contribution in [-0.2, 0) is 14.2 Å². The van der Waals surface area contributed by atoms with Crippen LogP contribution >= 0.6 is 11.6 Å². The Hall–Kier alpha value is -2.15. The van der Waals surface area contributed by atoms with Crippen molar-refractivity contribution in [1.29, 1.82) is 0 Å². The summed E-state index contributed by atoms with van der Waals surface area (Å²) in [5, 5.41) is -0.255. The van der Waals surface area contributed by atoms with Gasteiger partial charge < -0.3 is 14.2 Å². The Kier molecular flexibility index (Phi) is 6.78. The zero-order chi connectivity index (χ0) is 16.7. The molecular formula is C14H16ClNO6. The largest absolute Gasteiger partial charge is 0.462 e. The fraction of sp³-hybridized carbons (Fsp3) is 0.429. The smallest absolute Gasteiger partial charge is 0.357 e. The van der Waals surface area contributed by atoms with E-state index >= 15 is 0 Å². The molecule has 0 radical (unpaired) electrons. The normalized spacial score (nSPS) is 10.0. The van der Waals surface area contributed by atoms with E-state index in [0.29, 0.717) is 0 Å². The number of ether oxygens (including phenoxy) is 3. The predicted octanol–water partition coefficient (Wildman–Crippen LogP) is 2.27. The number of pyridine rings is 1. The number of esters is 3. The van der Waals surface area contributed by atoms with Gasteiger partial charge in [-0.2, -0.15) is 0 Å². The average Bonchev–Trinajstić information content (AvgIpc) is 2.47. The molecule has 1 heterocycles. The van der Waals surface area contributed by atoms with E-state index in [1.807, 2.05) is 0 Å². The minimum absolute atomic E-state index is 0.0957. The second-order valence-corrected chi connectivity index (χ2v) is 4.24. The standard InChI is InChI=1S/C14H16ClNO6/c1-4-20-12(17)8-7-9(13(18)21-5-2)11(15)16-10(8)14(19)22-6-3/h7H,4-6H2,1-3H3. The molecule has 0 bridgehead atoms. The van der Waals surface area contributed by atoms with E-state index < -0.39 is 17.9 Å². The Balaban J connectivity index is 3.38. The molecule has 0 atom stereocenters.